The van der Waals surface area contributed by atoms with Crippen LogP contribution in [0.25, 0.3) is 0 Å². The Morgan fingerprint density at radius 2 is 2.00 bits per heavy atom. The van der Waals surface area contributed by atoms with E-state index in [1.54, 1.807) is 6.92 Å². The summed E-state index contributed by atoms with van der Waals surface area (Å²) in [4.78, 5) is 21.8. The Hall–Kier alpha value is -2.96. The van der Waals surface area contributed by atoms with Gasteiger partial charge in [-0.05, 0) is 42.8 Å². The molecule has 1 amide bonds. The number of hydrogen-bond acceptors (Lipinski definition) is 4. The maximum atomic E-state index is 13.2. The zero-order valence-corrected chi connectivity index (χ0v) is 11.0. The van der Waals surface area contributed by atoms with Crippen LogP contribution in [0.15, 0.2) is 36.4 Å². The first-order chi connectivity index (χ1) is 9.88. The van der Waals surface area contributed by atoms with Crippen LogP contribution >= 0.6 is 0 Å². The second-order valence-electron chi connectivity index (χ2n) is 4.38. The SMILES string of the molecule is Cc1cc(O)ccc1NC(=O)c1ccc(F)c([N+](=O)[O-])c1. The van der Waals surface area contributed by atoms with Gasteiger partial charge in [-0.25, -0.2) is 0 Å². The summed E-state index contributed by atoms with van der Waals surface area (Å²) in [7, 11) is 0. The summed E-state index contributed by atoms with van der Waals surface area (Å²) >= 11 is 0. The van der Waals surface area contributed by atoms with E-state index in [0.29, 0.717) is 11.3 Å². The van der Waals surface area contributed by atoms with Crippen molar-refractivity contribution in [1.82, 2.24) is 0 Å². The molecular formula is C14H11FN2O4. The third kappa shape index (κ3) is 3.14. The standard InChI is InChI=1S/C14H11FN2O4/c1-8-6-10(18)3-5-12(8)16-14(19)9-2-4-11(15)13(7-9)17(20)21/h2-7,18H,1H3,(H,16,19). The number of nitrogens with one attached hydrogen (secondary N) is 1. The van der Waals surface area contributed by atoms with Crippen molar-refractivity contribution >= 4 is 17.3 Å². The average Bonchev–Trinajstić information content (AvgIpc) is 2.42. The fourth-order valence-electron chi connectivity index (χ4n) is 1.78. The third-order valence-corrected chi connectivity index (χ3v) is 2.86. The van der Waals surface area contributed by atoms with E-state index in [2.05, 4.69) is 5.32 Å². The number of anilines is 1. The number of rotatable bonds is 3. The Labute approximate surface area is 119 Å². The number of phenolic OH excluding ortho intramolecular Hbond substituents is 1. The summed E-state index contributed by atoms with van der Waals surface area (Å²) in [5.74, 6) is -1.55. The molecule has 21 heavy (non-hydrogen) atoms. The van der Waals surface area contributed by atoms with Crippen LogP contribution in [0.5, 0.6) is 5.75 Å². The molecule has 2 aromatic carbocycles. The van der Waals surface area contributed by atoms with Crippen LogP contribution in [0.1, 0.15) is 15.9 Å². The molecule has 0 saturated heterocycles. The molecule has 0 radical (unpaired) electrons. The molecule has 0 bridgehead atoms. The number of aryl methyl sites for hydroxylation is 1. The molecule has 0 heterocycles. The van der Waals surface area contributed by atoms with Crippen molar-refractivity contribution in [1.29, 1.82) is 0 Å². The lowest BCUT2D eigenvalue weighted by Gasteiger charge is -2.08. The van der Waals surface area contributed by atoms with Gasteiger partial charge in [0.25, 0.3) is 5.91 Å². The number of amides is 1. The molecule has 0 aromatic heterocycles. The van der Waals surface area contributed by atoms with Crippen LogP contribution in [-0.4, -0.2) is 15.9 Å². The van der Waals surface area contributed by atoms with Crippen molar-refractivity contribution in [2.45, 2.75) is 6.92 Å². The summed E-state index contributed by atoms with van der Waals surface area (Å²) in [6.07, 6.45) is 0. The zero-order valence-electron chi connectivity index (χ0n) is 11.0. The lowest BCUT2D eigenvalue weighted by Crippen LogP contribution is -2.13. The monoisotopic (exact) mass is 290 g/mol. The van der Waals surface area contributed by atoms with E-state index in [1.807, 2.05) is 0 Å². The Balaban J connectivity index is 2.28. The molecule has 0 aliphatic rings. The highest BCUT2D eigenvalue weighted by Crippen LogP contribution is 2.22. The van der Waals surface area contributed by atoms with Gasteiger partial charge in [-0.15, -0.1) is 0 Å². The Morgan fingerprint density at radius 3 is 2.62 bits per heavy atom. The fourth-order valence-corrected chi connectivity index (χ4v) is 1.78. The molecule has 108 valence electrons. The third-order valence-electron chi connectivity index (χ3n) is 2.86. The van der Waals surface area contributed by atoms with E-state index in [-0.39, 0.29) is 11.3 Å². The van der Waals surface area contributed by atoms with E-state index in [9.17, 15) is 24.4 Å². The van der Waals surface area contributed by atoms with Gasteiger partial charge in [-0.2, -0.15) is 4.39 Å². The number of hydrogen-bond donors (Lipinski definition) is 2. The molecular weight excluding hydrogens is 279 g/mol. The predicted molar refractivity (Wildman–Crippen MR) is 73.9 cm³/mol. The highest BCUT2D eigenvalue weighted by Gasteiger charge is 2.17. The van der Waals surface area contributed by atoms with Gasteiger partial charge in [0.05, 0.1) is 4.92 Å². The van der Waals surface area contributed by atoms with Crippen LogP contribution in [0, 0.1) is 22.9 Å². The Bertz CT molecular complexity index is 731. The number of carbonyl (C=O) groups excluding carboxylic acids is 1. The molecule has 2 rings (SSSR count). The average molecular weight is 290 g/mol. The molecule has 6 nitrogen and oxygen atoms in total. The summed E-state index contributed by atoms with van der Waals surface area (Å²) in [6, 6.07) is 7.27. The second-order valence-corrected chi connectivity index (χ2v) is 4.38. The van der Waals surface area contributed by atoms with E-state index in [0.717, 1.165) is 18.2 Å². The number of phenols is 1. The highest BCUT2D eigenvalue weighted by atomic mass is 19.1. The molecule has 0 fully saturated rings. The normalized spacial score (nSPS) is 10.2. The number of nitro groups is 1. The number of nitro benzene ring substituents is 1. The van der Waals surface area contributed by atoms with Gasteiger partial charge in [0.1, 0.15) is 5.75 Å². The van der Waals surface area contributed by atoms with E-state index < -0.39 is 22.3 Å². The van der Waals surface area contributed by atoms with Crippen LogP contribution in [0.4, 0.5) is 15.8 Å². The number of halogens is 1. The van der Waals surface area contributed by atoms with Crippen molar-refractivity contribution in [2.75, 3.05) is 5.32 Å². The highest BCUT2D eigenvalue weighted by molar-refractivity contribution is 6.05. The first-order valence-electron chi connectivity index (χ1n) is 5.93. The van der Waals surface area contributed by atoms with Crippen molar-refractivity contribution in [2.24, 2.45) is 0 Å². The summed E-state index contributed by atoms with van der Waals surface area (Å²) < 4.78 is 13.2. The molecule has 7 heteroatoms. The van der Waals surface area contributed by atoms with Gasteiger partial charge in [0.15, 0.2) is 0 Å². The molecule has 0 atom stereocenters. The number of carbonyl (C=O) groups is 1. The van der Waals surface area contributed by atoms with Crippen LogP contribution < -0.4 is 5.32 Å². The van der Waals surface area contributed by atoms with E-state index in [1.165, 1.54) is 18.2 Å². The van der Waals surface area contributed by atoms with Crippen molar-refractivity contribution in [3.8, 4) is 5.75 Å². The van der Waals surface area contributed by atoms with Crippen LogP contribution in [0.2, 0.25) is 0 Å². The van der Waals surface area contributed by atoms with Gasteiger partial charge in [-0.3, -0.25) is 14.9 Å². The van der Waals surface area contributed by atoms with Crippen LogP contribution in [-0.2, 0) is 0 Å². The smallest absolute Gasteiger partial charge is 0.305 e. The minimum absolute atomic E-state index is 0.0319. The number of aromatic hydroxyl groups is 1. The van der Waals surface area contributed by atoms with Gasteiger partial charge in [0, 0.05) is 17.3 Å². The molecule has 0 spiro atoms. The number of nitrogens with zero attached hydrogens (tertiary/aromatic N) is 1. The van der Waals surface area contributed by atoms with Gasteiger partial charge < -0.3 is 10.4 Å². The van der Waals surface area contributed by atoms with Crippen LogP contribution in [0.3, 0.4) is 0 Å². The molecule has 0 saturated carbocycles. The summed E-state index contributed by atoms with van der Waals surface area (Å²) in [5, 5.41) is 22.5. The maximum absolute atomic E-state index is 13.2. The fraction of sp³-hybridized carbons (Fsp3) is 0.0714. The van der Waals surface area contributed by atoms with E-state index >= 15 is 0 Å². The lowest BCUT2D eigenvalue weighted by molar-refractivity contribution is -0.387. The van der Waals surface area contributed by atoms with Crippen molar-refractivity contribution in [3.05, 3.63) is 63.5 Å². The van der Waals surface area contributed by atoms with Gasteiger partial charge in [0.2, 0.25) is 5.82 Å². The predicted octanol–water partition coefficient (Wildman–Crippen LogP) is 3.00. The van der Waals surface area contributed by atoms with Crippen molar-refractivity contribution < 1.29 is 19.2 Å². The molecule has 2 N–H and O–H groups in total. The summed E-state index contributed by atoms with van der Waals surface area (Å²) in [6.45, 7) is 1.68. The quantitative estimate of drug-likeness (QED) is 0.516. The first-order valence-corrected chi connectivity index (χ1v) is 5.93. The number of benzene rings is 2. The van der Waals surface area contributed by atoms with Gasteiger partial charge in [-0.1, -0.05) is 0 Å². The second kappa shape index (κ2) is 5.58. The Kier molecular flexibility index (Phi) is 3.84. The molecule has 0 aliphatic carbocycles. The largest absolute Gasteiger partial charge is 0.508 e. The summed E-state index contributed by atoms with van der Waals surface area (Å²) in [5.41, 5.74) is 0.283. The topological polar surface area (TPSA) is 92.5 Å². The minimum atomic E-state index is -1.00. The molecule has 2 aromatic rings. The molecule has 0 unspecified atom stereocenters. The maximum Gasteiger partial charge on any atom is 0.305 e. The minimum Gasteiger partial charge on any atom is -0.508 e. The molecule has 0 aliphatic heterocycles. The first kappa shape index (κ1) is 14.4. The lowest BCUT2D eigenvalue weighted by atomic mass is 10.1. The van der Waals surface area contributed by atoms with E-state index in [4.69, 9.17) is 0 Å². The zero-order chi connectivity index (χ0) is 15.6. The Morgan fingerprint density at radius 1 is 1.29 bits per heavy atom. The van der Waals surface area contributed by atoms with Gasteiger partial charge >= 0.3 is 5.69 Å². The van der Waals surface area contributed by atoms with Crippen molar-refractivity contribution in [3.63, 3.8) is 0 Å².